The molecule has 0 saturated carbocycles. The van der Waals surface area contributed by atoms with Gasteiger partial charge in [-0.2, -0.15) is 5.10 Å². The number of hydrogen-bond donors (Lipinski definition) is 4. The number of benzene rings is 2. The second-order valence-electron chi connectivity index (χ2n) is 6.06. The summed E-state index contributed by atoms with van der Waals surface area (Å²) in [4.78, 5) is 25.4. The van der Waals surface area contributed by atoms with Gasteiger partial charge in [0.05, 0.1) is 11.4 Å². The quantitative estimate of drug-likeness (QED) is 0.245. The topological polar surface area (TPSA) is 120 Å². The van der Waals surface area contributed by atoms with Crippen molar-refractivity contribution < 1.29 is 14.7 Å². The van der Waals surface area contributed by atoms with Crippen molar-refractivity contribution in [3.05, 3.63) is 53.6 Å². The Kier molecular flexibility index (Phi) is 6.76. The normalized spacial score (nSPS) is 10.6. The van der Waals surface area contributed by atoms with Crippen LogP contribution in [0.4, 0.5) is 17.1 Å². The fourth-order valence-electron chi connectivity index (χ4n) is 2.72. The molecule has 0 spiro atoms. The van der Waals surface area contributed by atoms with Crippen molar-refractivity contribution in [2.24, 2.45) is 10.9 Å². The highest BCUT2D eigenvalue weighted by Gasteiger charge is 2.15. The summed E-state index contributed by atoms with van der Waals surface area (Å²) >= 11 is 0. The van der Waals surface area contributed by atoms with E-state index in [4.69, 9.17) is 10.9 Å². The number of aryl methyl sites for hydroxylation is 1. The molecule has 0 unspecified atom stereocenters. The molecule has 0 aliphatic carbocycles. The largest absolute Gasteiger partial charge is 0.481 e. The van der Waals surface area contributed by atoms with Crippen molar-refractivity contribution in [3.8, 4) is 0 Å². The number of carboxylic acid groups (broad SMARTS) is 1. The van der Waals surface area contributed by atoms with Crippen LogP contribution < -0.4 is 21.4 Å². The first-order valence-corrected chi connectivity index (χ1v) is 8.33. The van der Waals surface area contributed by atoms with Gasteiger partial charge in [0, 0.05) is 31.8 Å². The van der Waals surface area contributed by atoms with Crippen LogP contribution in [0.1, 0.15) is 22.3 Å². The van der Waals surface area contributed by atoms with E-state index >= 15 is 0 Å². The van der Waals surface area contributed by atoms with Crippen LogP contribution in [0.2, 0.25) is 0 Å². The van der Waals surface area contributed by atoms with E-state index in [1.54, 1.807) is 36.4 Å². The summed E-state index contributed by atoms with van der Waals surface area (Å²) < 4.78 is 0. The Bertz CT molecular complexity index is 849. The van der Waals surface area contributed by atoms with Crippen LogP contribution in [0.15, 0.2) is 47.6 Å². The molecule has 8 nitrogen and oxygen atoms in total. The maximum atomic E-state index is 12.7. The lowest BCUT2D eigenvalue weighted by Crippen LogP contribution is -2.18. The van der Waals surface area contributed by atoms with Gasteiger partial charge in [-0.15, -0.1) is 0 Å². The molecule has 2 aromatic rings. The summed E-state index contributed by atoms with van der Waals surface area (Å²) in [6.45, 7) is 0. The van der Waals surface area contributed by atoms with Crippen molar-refractivity contribution in [2.75, 3.05) is 29.6 Å². The van der Waals surface area contributed by atoms with Gasteiger partial charge in [-0.3, -0.25) is 9.59 Å². The van der Waals surface area contributed by atoms with Crippen LogP contribution in [-0.4, -0.2) is 37.4 Å². The molecular formula is C19H23N5O3. The maximum absolute atomic E-state index is 12.7. The minimum atomic E-state index is -0.862. The zero-order valence-corrected chi connectivity index (χ0v) is 15.3. The Morgan fingerprint density at radius 2 is 1.96 bits per heavy atom. The average Bonchev–Trinajstić information content (AvgIpc) is 2.64. The summed E-state index contributed by atoms with van der Waals surface area (Å²) in [5.74, 6) is 3.93. The molecule has 0 atom stereocenters. The lowest BCUT2D eigenvalue weighted by Gasteiger charge is -2.22. The average molecular weight is 369 g/mol. The monoisotopic (exact) mass is 369 g/mol. The van der Waals surface area contributed by atoms with Gasteiger partial charge in [-0.05, 0) is 36.2 Å². The second-order valence-corrected chi connectivity index (χ2v) is 6.06. The van der Waals surface area contributed by atoms with E-state index in [0.717, 1.165) is 11.3 Å². The van der Waals surface area contributed by atoms with Crippen LogP contribution in [0.25, 0.3) is 0 Å². The van der Waals surface area contributed by atoms with E-state index in [0.29, 0.717) is 23.4 Å². The number of anilines is 3. The van der Waals surface area contributed by atoms with Crippen LogP contribution in [0.3, 0.4) is 0 Å². The highest BCUT2D eigenvalue weighted by atomic mass is 16.4. The van der Waals surface area contributed by atoms with Crippen LogP contribution in [0, 0.1) is 0 Å². The Morgan fingerprint density at radius 3 is 2.63 bits per heavy atom. The molecule has 2 aromatic carbocycles. The number of para-hydroxylation sites is 1. The van der Waals surface area contributed by atoms with E-state index in [-0.39, 0.29) is 12.3 Å². The third-order valence-corrected chi connectivity index (χ3v) is 3.85. The number of hydrazone groups is 1. The molecule has 0 saturated heterocycles. The van der Waals surface area contributed by atoms with Gasteiger partial charge in [0.1, 0.15) is 6.34 Å². The third kappa shape index (κ3) is 5.46. The van der Waals surface area contributed by atoms with Gasteiger partial charge in [0.15, 0.2) is 0 Å². The molecule has 0 heterocycles. The fourth-order valence-corrected chi connectivity index (χ4v) is 2.72. The van der Waals surface area contributed by atoms with Crippen molar-refractivity contribution in [1.29, 1.82) is 0 Å². The van der Waals surface area contributed by atoms with Crippen LogP contribution in [-0.2, 0) is 11.2 Å². The summed E-state index contributed by atoms with van der Waals surface area (Å²) in [6, 6.07) is 12.4. The zero-order valence-electron chi connectivity index (χ0n) is 15.3. The minimum absolute atomic E-state index is 0.0225. The summed E-state index contributed by atoms with van der Waals surface area (Å²) in [5.41, 5.74) is 3.41. The minimum Gasteiger partial charge on any atom is -0.481 e. The van der Waals surface area contributed by atoms with E-state index in [1.165, 1.54) is 6.34 Å². The zero-order chi connectivity index (χ0) is 19.8. The number of carbonyl (C=O) groups excluding carboxylic acids is 1. The van der Waals surface area contributed by atoms with Crippen LogP contribution >= 0.6 is 0 Å². The fraction of sp³-hybridized carbons (Fsp3) is 0.211. The number of aliphatic carboxylic acids is 1. The molecule has 0 aromatic heterocycles. The molecule has 0 fully saturated rings. The molecule has 1 amide bonds. The number of carboxylic acids is 1. The van der Waals surface area contributed by atoms with Gasteiger partial charge in [-0.25, -0.2) is 0 Å². The highest BCUT2D eigenvalue weighted by molar-refractivity contribution is 6.06. The summed E-state index contributed by atoms with van der Waals surface area (Å²) in [6.07, 6.45) is 1.73. The van der Waals surface area contributed by atoms with Gasteiger partial charge in [-0.1, -0.05) is 18.2 Å². The molecule has 142 valence electrons. The van der Waals surface area contributed by atoms with Crippen molar-refractivity contribution in [3.63, 3.8) is 0 Å². The SMILES string of the molecule is CN(C)c1c(CCC(=O)O)cccc1NC(=O)c1cccc(NC=NN)c1. The molecule has 0 radical (unpaired) electrons. The Balaban J connectivity index is 2.26. The number of hydrogen-bond acceptors (Lipinski definition) is 5. The van der Waals surface area contributed by atoms with E-state index in [2.05, 4.69) is 15.7 Å². The molecule has 5 N–H and O–H groups in total. The molecular weight excluding hydrogens is 346 g/mol. The Labute approximate surface area is 157 Å². The number of nitrogens with zero attached hydrogens (tertiary/aromatic N) is 2. The first-order chi connectivity index (χ1) is 12.9. The van der Waals surface area contributed by atoms with Gasteiger partial charge in [0.25, 0.3) is 5.91 Å². The Hall–Kier alpha value is -3.55. The van der Waals surface area contributed by atoms with Gasteiger partial charge < -0.3 is 26.5 Å². The predicted octanol–water partition coefficient (Wildman–Crippen LogP) is 2.34. The standard InChI is InChI=1S/C19H23N5O3/c1-24(2)18-13(9-10-17(25)26)5-4-8-16(18)23-19(27)14-6-3-7-15(11-14)21-12-22-20/h3-8,11-12H,9-10,20H2,1-2H3,(H,21,22)(H,23,27)(H,25,26). The molecule has 2 rings (SSSR count). The highest BCUT2D eigenvalue weighted by Crippen LogP contribution is 2.30. The summed E-state index contributed by atoms with van der Waals surface area (Å²) in [5, 5.41) is 18.1. The lowest BCUT2D eigenvalue weighted by molar-refractivity contribution is -0.136. The van der Waals surface area contributed by atoms with E-state index in [9.17, 15) is 9.59 Å². The van der Waals surface area contributed by atoms with Crippen molar-refractivity contribution in [2.45, 2.75) is 12.8 Å². The third-order valence-electron chi connectivity index (χ3n) is 3.85. The van der Waals surface area contributed by atoms with Gasteiger partial charge >= 0.3 is 5.97 Å². The first kappa shape index (κ1) is 19.8. The smallest absolute Gasteiger partial charge is 0.303 e. The number of amides is 1. The van der Waals surface area contributed by atoms with Gasteiger partial charge in [0.2, 0.25) is 0 Å². The van der Waals surface area contributed by atoms with E-state index < -0.39 is 5.97 Å². The number of nitrogens with two attached hydrogens (primary N) is 1. The summed E-state index contributed by atoms with van der Waals surface area (Å²) in [7, 11) is 3.71. The molecule has 27 heavy (non-hydrogen) atoms. The molecule has 0 bridgehead atoms. The number of rotatable bonds is 8. The van der Waals surface area contributed by atoms with Crippen LogP contribution in [0.5, 0.6) is 0 Å². The second kappa shape index (κ2) is 9.23. The number of nitrogens with one attached hydrogen (secondary N) is 2. The first-order valence-electron chi connectivity index (χ1n) is 8.33. The van der Waals surface area contributed by atoms with Crippen molar-refractivity contribution >= 4 is 35.3 Å². The number of carbonyl (C=O) groups is 2. The van der Waals surface area contributed by atoms with Crippen molar-refractivity contribution in [1.82, 2.24) is 0 Å². The molecule has 8 heteroatoms. The lowest BCUT2D eigenvalue weighted by atomic mass is 10.0. The Morgan fingerprint density at radius 1 is 1.22 bits per heavy atom. The molecule has 0 aliphatic heterocycles. The predicted molar refractivity (Wildman–Crippen MR) is 107 cm³/mol. The molecule has 0 aliphatic rings. The maximum Gasteiger partial charge on any atom is 0.303 e. The van der Waals surface area contributed by atoms with E-state index in [1.807, 2.05) is 25.1 Å².